The Balaban J connectivity index is 1.54. The third-order valence-corrected chi connectivity index (χ3v) is 8.40. The highest BCUT2D eigenvalue weighted by Gasteiger charge is 2.42. The van der Waals surface area contributed by atoms with E-state index in [1.165, 1.54) is 64.7 Å². The van der Waals surface area contributed by atoms with Crippen molar-refractivity contribution in [2.45, 2.75) is 0 Å². The lowest BCUT2D eigenvalue weighted by molar-refractivity contribution is 1.35. The molecule has 0 bridgehead atoms. The summed E-state index contributed by atoms with van der Waals surface area (Å²) >= 11 is 1.90. The van der Waals surface area contributed by atoms with Crippen molar-refractivity contribution in [1.82, 2.24) is 0 Å². The van der Waals surface area contributed by atoms with Crippen LogP contribution in [0.25, 0.3) is 42.4 Å². The van der Waals surface area contributed by atoms with Crippen LogP contribution < -0.4 is 15.7 Å². The Hall–Kier alpha value is -3.82. The van der Waals surface area contributed by atoms with Crippen LogP contribution in [0.15, 0.2) is 109 Å². The molecule has 0 fully saturated rings. The third-order valence-electron chi connectivity index (χ3n) is 7.26. The molecule has 3 heterocycles. The number of hydrogen-bond donors (Lipinski definition) is 0. The molecule has 0 saturated heterocycles. The smallest absolute Gasteiger partial charge is 0.329 e. The first-order valence-corrected chi connectivity index (χ1v) is 12.2. The number of nitrogens with zero attached hydrogens (tertiary/aromatic N) is 1. The van der Waals surface area contributed by atoms with Gasteiger partial charge in [-0.25, -0.2) is 0 Å². The first-order chi connectivity index (χ1) is 16.4. The van der Waals surface area contributed by atoms with E-state index in [0.29, 0.717) is 0 Å². The van der Waals surface area contributed by atoms with Gasteiger partial charge in [0.05, 0.1) is 0 Å². The van der Waals surface area contributed by atoms with Gasteiger partial charge in [-0.1, -0.05) is 84.9 Å². The summed E-state index contributed by atoms with van der Waals surface area (Å²) in [6, 6.07) is 40.4. The third kappa shape index (κ3) is 2.27. The van der Waals surface area contributed by atoms with Gasteiger partial charge in [-0.3, -0.25) is 0 Å². The van der Waals surface area contributed by atoms with Crippen LogP contribution in [0.3, 0.4) is 0 Å². The predicted molar refractivity (Wildman–Crippen MR) is 144 cm³/mol. The fourth-order valence-corrected chi connectivity index (χ4v) is 7.03. The van der Waals surface area contributed by atoms with Crippen LogP contribution >= 0.6 is 11.3 Å². The first-order valence-electron chi connectivity index (χ1n) is 11.4. The van der Waals surface area contributed by atoms with E-state index in [9.17, 15) is 0 Å². The molecule has 8 rings (SSSR count). The first kappa shape index (κ1) is 17.7. The molecule has 0 amide bonds. The highest BCUT2D eigenvalue weighted by atomic mass is 32.1. The lowest BCUT2D eigenvalue weighted by atomic mass is 9.43. The van der Waals surface area contributed by atoms with Gasteiger partial charge in [0.25, 0.3) is 0 Å². The Labute approximate surface area is 196 Å². The van der Waals surface area contributed by atoms with Crippen molar-refractivity contribution in [3.8, 4) is 22.3 Å². The molecule has 0 unspecified atom stereocenters. The Morgan fingerprint density at radius 3 is 1.94 bits per heavy atom. The van der Waals surface area contributed by atoms with Crippen molar-refractivity contribution in [1.29, 1.82) is 0 Å². The molecule has 152 valence electrons. The number of rotatable bonds is 0. The van der Waals surface area contributed by atoms with Gasteiger partial charge >= 0.3 is 6.85 Å². The molecule has 0 saturated carbocycles. The van der Waals surface area contributed by atoms with Gasteiger partial charge < -0.3 is 4.81 Å². The normalized spacial score (nSPS) is 13.3. The largest absolute Gasteiger partial charge is 0.376 e. The molecule has 6 aromatic rings. The average molecular weight is 435 g/mol. The van der Waals surface area contributed by atoms with Gasteiger partial charge in [0.15, 0.2) is 0 Å². The molecule has 0 atom stereocenters. The second-order valence-corrected chi connectivity index (χ2v) is 10.0. The molecular weight excluding hydrogens is 417 g/mol. The van der Waals surface area contributed by atoms with Crippen molar-refractivity contribution in [2.75, 3.05) is 4.81 Å². The maximum absolute atomic E-state index is 2.57. The van der Waals surface area contributed by atoms with E-state index in [1.54, 1.807) is 0 Å². The maximum atomic E-state index is 2.57. The fraction of sp³-hybridized carbons (Fsp3) is 0. The van der Waals surface area contributed by atoms with Gasteiger partial charge in [-0.15, -0.1) is 11.3 Å². The van der Waals surface area contributed by atoms with Gasteiger partial charge in [-0.05, 0) is 51.7 Å². The van der Waals surface area contributed by atoms with E-state index in [-0.39, 0.29) is 6.85 Å². The zero-order chi connectivity index (χ0) is 21.5. The topological polar surface area (TPSA) is 3.24 Å². The van der Waals surface area contributed by atoms with Crippen LogP contribution in [-0.2, 0) is 0 Å². The monoisotopic (exact) mass is 435 g/mol. The van der Waals surface area contributed by atoms with Crippen molar-refractivity contribution < 1.29 is 0 Å². The maximum Gasteiger partial charge on any atom is 0.329 e. The van der Waals surface area contributed by atoms with Crippen LogP contribution in [0.2, 0.25) is 0 Å². The van der Waals surface area contributed by atoms with Gasteiger partial charge in [0.2, 0.25) is 0 Å². The van der Waals surface area contributed by atoms with Crippen molar-refractivity contribution in [2.24, 2.45) is 0 Å². The Morgan fingerprint density at radius 1 is 0.485 bits per heavy atom. The molecule has 33 heavy (non-hydrogen) atoms. The van der Waals surface area contributed by atoms with E-state index in [1.807, 2.05) is 11.3 Å². The second-order valence-electron chi connectivity index (χ2n) is 8.93. The van der Waals surface area contributed by atoms with E-state index < -0.39 is 0 Å². The fourth-order valence-electron chi connectivity index (χ4n) is 5.90. The number of benzene rings is 5. The number of fused-ring (bicyclic) bond motifs is 14. The molecule has 1 aromatic heterocycles. The SMILES string of the molecule is c1ccc2c(c1)B1c3cc4c(cc3-c3ccccc3N1c1ccccc1-2)sc1ccccc14. The molecule has 5 aromatic carbocycles. The molecule has 2 aliphatic rings. The zero-order valence-electron chi connectivity index (χ0n) is 17.8. The Kier molecular flexibility index (Phi) is 3.42. The van der Waals surface area contributed by atoms with Gasteiger partial charge in [0, 0.05) is 37.3 Å². The Morgan fingerprint density at radius 2 is 1.12 bits per heavy atom. The molecule has 3 heteroatoms. The predicted octanol–water partition coefficient (Wildman–Crippen LogP) is 6.96. The summed E-state index contributed by atoms with van der Waals surface area (Å²) in [6.45, 7) is 0.157. The number of anilines is 2. The number of thiophene rings is 1. The Bertz CT molecular complexity index is 1750. The zero-order valence-corrected chi connectivity index (χ0v) is 18.6. The molecule has 2 aliphatic heterocycles. The molecular formula is C30H18BNS. The van der Waals surface area contributed by atoms with Crippen LogP contribution in [0, 0.1) is 0 Å². The molecule has 0 N–H and O–H groups in total. The lowest BCUT2D eigenvalue weighted by Gasteiger charge is -2.43. The minimum atomic E-state index is 0.157. The van der Waals surface area contributed by atoms with Gasteiger partial charge in [0.1, 0.15) is 0 Å². The molecule has 0 spiro atoms. The summed E-state index contributed by atoms with van der Waals surface area (Å²) < 4.78 is 2.72. The van der Waals surface area contributed by atoms with E-state index in [2.05, 4.69) is 114 Å². The van der Waals surface area contributed by atoms with E-state index in [0.717, 1.165) is 0 Å². The molecule has 1 nitrogen and oxygen atoms in total. The summed E-state index contributed by atoms with van der Waals surface area (Å²) in [5.74, 6) is 0. The minimum absolute atomic E-state index is 0.157. The van der Waals surface area contributed by atoms with E-state index >= 15 is 0 Å². The summed E-state index contributed by atoms with van der Waals surface area (Å²) in [5, 5.41) is 2.72. The number of hydrogen-bond acceptors (Lipinski definition) is 2. The van der Waals surface area contributed by atoms with Crippen molar-refractivity contribution >= 4 is 60.7 Å². The summed E-state index contributed by atoms with van der Waals surface area (Å²) in [6.07, 6.45) is 0. The summed E-state index contributed by atoms with van der Waals surface area (Å²) in [5.41, 5.74) is 10.7. The minimum Gasteiger partial charge on any atom is -0.376 e. The highest BCUT2D eigenvalue weighted by molar-refractivity contribution is 7.25. The van der Waals surface area contributed by atoms with Crippen molar-refractivity contribution in [3.63, 3.8) is 0 Å². The van der Waals surface area contributed by atoms with Crippen LogP contribution in [0.4, 0.5) is 11.4 Å². The number of para-hydroxylation sites is 2. The van der Waals surface area contributed by atoms with E-state index in [4.69, 9.17) is 0 Å². The molecule has 0 aliphatic carbocycles. The standard InChI is InChI=1S/C30H18BNS/c1-5-13-25-19(9-1)20-10-2-6-14-27(20)32-28-15-7-3-11-21(28)23-18-30-24(17-26(23)31(25)32)22-12-4-8-16-29(22)33-30/h1-18H. The van der Waals surface area contributed by atoms with Gasteiger partial charge in [-0.2, -0.15) is 0 Å². The summed E-state index contributed by atoms with van der Waals surface area (Å²) in [4.78, 5) is 2.57. The average Bonchev–Trinajstić information content (AvgIpc) is 3.25. The quantitative estimate of drug-likeness (QED) is 0.233. The van der Waals surface area contributed by atoms with Crippen molar-refractivity contribution in [3.05, 3.63) is 109 Å². The van der Waals surface area contributed by atoms with Crippen LogP contribution in [-0.4, -0.2) is 6.85 Å². The molecule has 0 radical (unpaired) electrons. The highest BCUT2D eigenvalue weighted by Crippen LogP contribution is 2.47. The lowest BCUT2D eigenvalue weighted by Crippen LogP contribution is -2.59. The summed E-state index contributed by atoms with van der Waals surface area (Å²) in [7, 11) is 0. The van der Waals surface area contributed by atoms with Crippen LogP contribution in [0.1, 0.15) is 0 Å². The van der Waals surface area contributed by atoms with Crippen LogP contribution in [0.5, 0.6) is 0 Å². The second kappa shape index (κ2) is 6.37.